The van der Waals surface area contributed by atoms with E-state index in [0.717, 1.165) is 16.7 Å². The van der Waals surface area contributed by atoms with E-state index in [4.69, 9.17) is 4.74 Å². The quantitative estimate of drug-likeness (QED) is 0.462. The maximum absolute atomic E-state index is 12.4. The summed E-state index contributed by atoms with van der Waals surface area (Å²) in [6.45, 7) is 0.889. The molecule has 7 heteroatoms. The molecule has 0 aliphatic carbocycles. The summed E-state index contributed by atoms with van der Waals surface area (Å²) in [7, 11) is 0. The topological polar surface area (TPSA) is 91.2 Å². The molecule has 2 amide bonds. The number of rotatable bonds is 9. The number of hydrogen-bond donors (Lipinski definition) is 2. The van der Waals surface area contributed by atoms with Crippen LogP contribution in [0.1, 0.15) is 29.0 Å². The summed E-state index contributed by atoms with van der Waals surface area (Å²) >= 11 is 1.17. The second-order valence-corrected chi connectivity index (χ2v) is 9.04. The number of ether oxygens (including phenoxy) is 1. The van der Waals surface area contributed by atoms with Crippen LogP contribution in [-0.2, 0) is 22.7 Å². The zero-order valence-electron chi connectivity index (χ0n) is 19.1. The van der Waals surface area contributed by atoms with Crippen LogP contribution in [0.25, 0.3) is 0 Å². The third-order valence-corrected chi connectivity index (χ3v) is 6.58. The summed E-state index contributed by atoms with van der Waals surface area (Å²) in [4.78, 5) is 24.7. The van der Waals surface area contributed by atoms with Gasteiger partial charge in [0.1, 0.15) is 12.4 Å². The van der Waals surface area contributed by atoms with Crippen molar-refractivity contribution >= 4 is 23.6 Å². The van der Waals surface area contributed by atoms with Gasteiger partial charge >= 0.3 is 0 Å². The molecule has 1 aliphatic rings. The average Bonchev–Trinajstić information content (AvgIpc) is 2.90. The molecule has 1 atom stereocenters. The van der Waals surface area contributed by atoms with Crippen LogP contribution < -0.4 is 15.4 Å². The van der Waals surface area contributed by atoms with Crippen LogP contribution in [0, 0.1) is 11.3 Å². The van der Waals surface area contributed by atoms with E-state index in [1.807, 2.05) is 84.9 Å². The summed E-state index contributed by atoms with van der Waals surface area (Å²) in [6, 6.07) is 29.2. The molecular formula is C28H25N3O3S. The van der Waals surface area contributed by atoms with Gasteiger partial charge in [0.2, 0.25) is 11.8 Å². The molecule has 0 saturated carbocycles. The summed E-state index contributed by atoms with van der Waals surface area (Å²) in [6.07, 6.45) is 0.178. The minimum absolute atomic E-state index is 0.104. The third kappa shape index (κ3) is 6.75. The molecule has 1 aliphatic heterocycles. The second-order valence-electron chi connectivity index (χ2n) is 8.05. The lowest BCUT2D eigenvalue weighted by atomic mass is 9.87. The summed E-state index contributed by atoms with van der Waals surface area (Å²) in [5.41, 5.74) is 3.40. The Morgan fingerprint density at radius 1 is 1.00 bits per heavy atom. The van der Waals surface area contributed by atoms with Crippen LogP contribution >= 0.6 is 11.8 Å². The average molecular weight is 484 g/mol. The first-order chi connectivity index (χ1) is 17.1. The molecule has 0 aromatic heterocycles. The molecule has 3 aromatic rings. The fourth-order valence-corrected chi connectivity index (χ4v) is 4.65. The van der Waals surface area contributed by atoms with Crippen molar-refractivity contribution < 1.29 is 14.3 Å². The fourth-order valence-electron chi connectivity index (χ4n) is 3.74. The maximum Gasteiger partial charge on any atom is 0.230 e. The first-order valence-electron chi connectivity index (χ1n) is 11.3. The van der Waals surface area contributed by atoms with Crippen molar-refractivity contribution in [1.29, 1.82) is 5.26 Å². The van der Waals surface area contributed by atoms with E-state index in [2.05, 4.69) is 16.7 Å². The monoisotopic (exact) mass is 483 g/mol. The van der Waals surface area contributed by atoms with Gasteiger partial charge in [-0.15, -0.1) is 0 Å². The number of allylic oxidation sites excluding steroid dienone is 1. The van der Waals surface area contributed by atoms with Crippen LogP contribution in [0.3, 0.4) is 0 Å². The van der Waals surface area contributed by atoms with Gasteiger partial charge in [0.15, 0.2) is 0 Å². The first-order valence-corrected chi connectivity index (χ1v) is 12.2. The Balaban J connectivity index is 1.39. The third-order valence-electron chi connectivity index (χ3n) is 5.57. The molecule has 0 radical (unpaired) electrons. The van der Waals surface area contributed by atoms with Crippen molar-refractivity contribution in [3.8, 4) is 11.8 Å². The predicted molar refractivity (Wildman–Crippen MR) is 136 cm³/mol. The Morgan fingerprint density at radius 2 is 1.66 bits per heavy atom. The highest BCUT2D eigenvalue weighted by Crippen LogP contribution is 2.36. The van der Waals surface area contributed by atoms with Gasteiger partial charge < -0.3 is 15.4 Å². The number of nitrogens with zero attached hydrogens (tertiary/aromatic N) is 1. The molecule has 4 rings (SSSR count). The molecule has 35 heavy (non-hydrogen) atoms. The number of benzene rings is 3. The van der Waals surface area contributed by atoms with Crippen molar-refractivity contribution in [2.45, 2.75) is 25.5 Å². The van der Waals surface area contributed by atoms with Gasteiger partial charge in [-0.25, -0.2) is 0 Å². The van der Waals surface area contributed by atoms with Crippen LogP contribution in [0.5, 0.6) is 5.75 Å². The van der Waals surface area contributed by atoms with E-state index in [-0.39, 0.29) is 29.9 Å². The van der Waals surface area contributed by atoms with Gasteiger partial charge in [0, 0.05) is 18.9 Å². The van der Waals surface area contributed by atoms with E-state index < -0.39 is 0 Å². The van der Waals surface area contributed by atoms with Crippen LogP contribution in [-0.4, -0.2) is 17.6 Å². The van der Waals surface area contributed by atoms with Crippen LogP contribution in [0.2, 0.25) is 0 Å². The van der Waals surface area contributed by atoms with Crippen molar-refractivity contribution in [3.05, 3.63) is 112 Å². The van der Waals surface area contributed by atoms with Gasteiger partial charge in [-0.2, -0.15) is 5.26 Å². The Morgan fingerprint density at radius 3 is 2.31 bits per heavy atom. The number of nitriles is 1. The van der Waals surface area contributed by atoms with Gasteiger partial charge in [-0.3, -0.25) is 9.59 Å². The Bertz CT molecular complexity index is 1240. The molecule has 6 nitrogen and oxygen atoms in total. The highest BCUT2D eigenvalue weighted by atomic mass is 32.2. The van der Waals surface area contributed by atoms with Gasteiger partial charge in [-0.1, -0.05) is 84.6 Å². The minimum Gasteiger partial charge on any atom is -0.489 e. The molecule has 0 saturated heterocycles. The number of nitrogens with one attached hydrogen (secondary N) is 2. The van der Waals surface area contributed by atoms with Crippen molar-refractivity contribution in [1.82, 2.24) is 10.6 Å². The molecule has 0 bridgehead atoms. The number of hydrogen-bond acceptors (Lipinski definition) is 5. The molecule has 2 N–H and O–H groups in total. The van der Waals surface area contributed by atoms with E-state index in [9.17, 15) is 14.9 Å². The highest BCUT2D eigenvalue weighted by Gasteiger charge is 2.29. The van der Waals surface area contributed by atoms with Gasteiger partial charge in [0.25, 0.3) is 0 Å². The van der Waals surface area contributed by atoms with Crippen LogP contribution in [0.15, 0.2) is 95.5 Å². The number of carbonyl (C=O) groups excluding carboxylic acids is 2. The molecule has 1 unspecified atom stereocenters. The normalized spacial score (nSPS) is 15.2. The lowest BCUT2D eigenvalue weighted by Crippen LogP contribution is -2.32. The van der Waals surface area contributed by atoms with E-state index >= 15 is 0 Å². The van der Waals surface area contributed by atoms with E-state index in [0.29, 0.717) is 29.5 Å². The minimum atomic E-state index is -0.369. The fraction of sp³-hybridized carbons (Fsp3) is 0.179. The highest BCUT2D eigenvalue weighted by molar-refractivity contribution is 8.03. The molecule has 1 heterocycles. The van der Waals surface area contributed by atoms with E-state index in [1.54, 1.807) is 0 Å². The standard InChI is InChI=1S/C28H25N3O3S/c29-16-25-24(22-11-13-23(14-12-22)34-18-21-9-5-2-6-10-21)15-26(32)31-28(25)35-19-27(33)30-17-20-7-3-1-4-8-20/h1-14,24H,15,17-19H2,(H,30,33)(H,31,32). The predicted octanol–water partition coefficient (Wildman–Crippen LogP) is 4.65. The number of thioether (sulfide) groups is 1. The maximum atomic E-state index is 12.4. The lowest BCUT2D eigenvalue weighted by Gasteiger charge is -2.25. The van der Waals surface area contributed by atoms with Crippen molar-refractivity contribution in [2.24, 2.45) is 0 Å². The van der Waals surface area contributed by atoms with Gasteiger partial charge in [0.05, 0.1) is 22.4 Å². The molecule has 176 valence electrons. The Labute approximate surface area is 209 Å². The number of amides is 2. The number of carbonyl (C=O) groups is 2. The largest absolute Gasteiger partial charge is 0.489 e. The summed E-state index contributed by atoms with van der Waals surface area (Å²) in [5, 5.41) is 15.9. The Hall–Kier alpha value is -4.02. The Kier molecular flexibility index (Phi) is 8.21. The van der Waals surface area contributed by atoms with Gasteiger partial charge in [-0.05, 0) is 28.8 Å². The lowest BCUT2D eigenvalue weighted by molar-refractivity contribution is -0.121. The smallest absolute Gasteiger partial charge is 0.230 e. The zero-order valence-corrected chi connectivity index (χ0v) is 19.9. The van der Waals surface area contributed by atoms with Crippen LogP contribution in [0.4, 0.5) is 0 Å². The summed E-state index contributed by atoms with van der Waals surface area (Å²) < 4.78 is 5.84. The van der Waals surface area contributed by atoms with Crippen molar-refractivity contribution in [2.75, 3.05) is 5.75 Å². The molecular weight excluding hydrogens is 458 g/mol. The zero-order chi connectivity index (χ0) is 24.5. The SMILES string of the molecule is N#CC1=C(SCC(=O)NCc2ccccc2)NC(=O)CC1c1ccc(OCc2ccccc2)cc1. The molecule has 3 aromatic carbocycles. The van der Waals surface area contributed by atoms with E-state index in [1.165, 1.54) is 11.8 Å². The first kappa shape index (κ1) is 24.1. The second kappa shape index (κ2) is 11.9. The summed E-state index contributed by atoms with van der Waals surface area (Å²) in [5.74, 6) is 0.106. The molecule has 0 spiro atoms. The molecule has 0 fully saturated rings. The van der Waals surface area contributed by atoms with Crippen molar-refractivity contribution in [3.63, 3.8) is 0 Å².